The van der Waals surface area contributed by atoms with E-state index >= 15 is 0 Å². The van der Waals surface area contributed by atoms with E-state index in [1.807, 2.05) is 0 Å². The van der Waals surface area contributed by atoms with Crippen LogP contribution in [-0.4, -0.2) is 64.2 Å². The van der Waals surface area contributed by atoms with Gasteiger partial charge in [-0.25, -0.2) is 21.6 Å². The van der Waals surface area contributed by atoms with Gasteiger partial charge in [0.25, 0.3) is 9.05 Å². The summed E-state index contributed by atoms with van der Waals surface area (Å²) in [6, 6.07) is 28.3. The maximum atomic E-state index is 13.0. The number of nitrogens with zero attached hydrogens (tertiary/aromatic N) is 2. The van der Waals surface area contributed by atoms with Gasteiger partial charge in [0.1, 0.15) is 34.4 Å². The van der Waals surface area contributed by atoms with Crippen LogP contribution in [0, 0.1) is 23.7 Å². The molecule has 0 amide bonds. The molecule has 0 spiro atoms. The zero-order chi connectivity index (χ0) is 55.7. The number of rotatable bonds is 16. The van der Waals surface area contributed by atoms with Crippen molar-refractivity contribution < 1.29 is 71.2 Å². The number of ether oxygens (including phenoxy) is 4. The Hall–Kier alpha value is -5.49. The molecule has 0 radical (unpaired) electrons. The third kappa shape index (κ3) is 14.2. The number of fused-ring (bicyclic) bond motifs is 4. The van der Waals surface area contributed by atoms with Crippen LogP contribution < -0.4 is 19.9 Å². The number of aromatic nitrogens is 2. The number of halogens is 7. The molecule has 0 saturated heterocycles. The highest BCUT2D eigenvalue weighted by Gasteiger charge is 2.46. The molecular weight excluding hydrogens is 1100 g/mol. The molecule has 424 valence electrons. The summed E-state index contributed by atoms with van der Waals surface area (Å²) >= 11 is 0. The molecule has 2 heterocycles. The quantitative estimate of drug-likeness (QED) is 0.0687. The van der Waals surface area contributed by atoms with Gasteiger partial charge in [-0.3, -0.25) is 0 Å². The molecule has 23 heteroatoms. The summed E-state index contributed by atoms with van der Waals surface area (Å²) in [4.78, 5) is 0.391. The molecule has 6 aliphatic rings. The third-order valence-corrected chi connectivity index (χ3v) is 18.6. The number of nitrogens with one attached hydrogen (secondary N) is 1. The van der Waals surface area contributed by atoms with Gasteiger partial charge in [0, 0.05) is 56.9 Å². The zero-order valence-corrected chi connectivity index (χ0v) is 45.0. The van der Waals surface area contributed by atoms with Crippen LogP contribution in [0.4, 0.5) is 26.3 Å². The minimum atomic E-state index is -4.84. The number of nitrogens with two attached hydrogens (primary N) is 1. The average molecular weight is 1160 g/mol. The lowest BCUT2D eigenvalue weighted by molar-refractivity contribution is -0.275. The van der Waals surface area contributed by atoms with Crippen molar-refractivity contribution in [3.8, 4) is 34.0 Å². The van der Waals surface area contributed by atoms with E-state index in [0.29, 0.717) is 47.4 Å². The molecule has 0 aliphatic heterocycles. The fourth-order valence-corrected chi connectivity index (χ4v) is 13.9. The SMILES string of the molecule is NC1C2CCC1CC(OCc1c(-c3ccccc3OC(F)(F)F)noc1C1CC1)C2.O=S(=O)(Cl)c1ccccc1.O=S(=O)(NC1C2CCC1CC(OCc1c(-c3ccccc3OC(F)(F)F)noc1C1CC1)C2)c1ccccc1. The minimum Gasteiger partial charge on any atom is -0.405 e. The molecule has 4 unspecified atom stereocenters. The van der Waals surface area contributed by atoms with Crippen molar-refractivity contribution in [2.75, 3.05) is 0 Å². The average Bonchev–Trinajstić information content (AvgIpc) is 4.44. The van der Waals surface area contributed by atoms with Crippen LogP contribution in [0.2, 0.25) is 0 Å². The van der Waals surface area contributed by atoms with Crippen molar-refractivity contribution >= 4 is 29.8 Å². The number of sulfonamides is 1. The molecule has 4 aromatic carbocycles. The summed E-state index contributed by atoms with van der Waals surface area (Å²) in [6.45, 7) is 0.417. The van der Waals surface area contributed by atoms with Gasteiger partial charge in [0.05, 0.1) is 35.2 Å². The van der Waals surface area contributed by atoms with Crippen molar-refractivity contribution in [3.63, 3.8) is 0 Å². The van der Waals surface area contributed by atoms with E-state index < -0.39 is 31.8 Å². The Balaban J connectivity index is 0.000000155. The first-order chi connectivity index (χ1) is 37.7. The van der Waals surface area contributed by atoms with E-state index in [0.717, 1.165) is 75.5 Å². The summed E-state index contributed by atoms with van der Waals surface area (Å²) in [7, 11) is -2.12. The summed E-state index contributed by atoms with van der Waals surface area (Å²) in [6.07, 6.45) is 1.64. The van der Waals surface area contributed by atoms with Gasteiger partial charge in [0.15, 0.2) is 0 Å². The van der Waals surface area contributed by atoms with Crippen LogP contribution in [-0.2, 0) is 41.8 Å². The molecule has 6 aliphatic carbocycles. The van der Waals surface area contributed by atoms with Gasteiger partial charge in [-0.1, -0.05) is 71.0 Å². The zero-order valence-electron chi connectivity index (χ0n) is 42.6. The minimum absolute atomic E-state index is 0.101. The van der Waals surface area contributed by atoms with E-state index in [1.165, 1.54) is 42.5 Å². The number of hydrogen-bond acceptors (Lipinski definition) is 13. The van der Waals surface area contributed by atoms with Gasteiger partial charge >= 0.3 is 12.7 Å². The number of alkyl halides is 6. The lowest BCUT2D eigenvalue weighted by atomic mass is 9.83. The highest BCUT2D eigenvalue weighted by molar-refractivity contribution is 8.13. The van der Waals surface area contributed by atoms with Crippen LogP contribution in [0.15, 0.2) is 128 Å². The maximum absolute atomic E-state index is 13.0. The third-order valence-electron chi connectivity index (χ3n) is 15.7. The molecule has 3 N–H and O–H groups in total. The van der Waals surface area contributed by atoms with Gasteiger partial charge in [-0.15, -0.1) is 26.3 Å². The smallest absolute Gasteiger partial charge is 0.405 e. The van der Waals surface area contributed by atoms with Gasteiger partial charge in [-0.2, -0.15) is 0 Å². The largest absolute Gasteiger partial charge is 0.573 e. The Morgan fingerprint density at radius 3 is 1.32 bits per heavy atom. The van der Waals surface area contributed by atoms with Crippen molar-refractivity contribution in [3.05, 3.63) is 132 Å². The number of para-hydroxylation sites is 2. The van der Waals surface area contributed by atoms with E-state index in [4.69, 9.17) is 34.9 Å². The predicted molar refractivity (Wildman–Crippen MR) is 277 cm³/mol. The maximum Gasteiger partial charge on any atom is 0.573 e. The number of hydrogen-bond donors (Lipinski definition) is 2. The van der Waals surface area contributed by atoms with Crippen LogP contribution in [0.3, 0.4) is 0 Å². The van der Waals surface area contributed by atoms with Gasteiger partial charge in [0.2, 0.25) is 10.0 Å². The second-order valence-electron chi connectivity index (χ2n) is 21.2. The summed E-state index contributed by atoms with van der Waals surface area (Å²) in [5.74, 6) is 2.49. The lowest BCUT2D eigenvalue weighted by Crippen LogP contribution is -2.46. The van der Waals surface area contributed by atoms with Gasteiger partial charge < -0.3 is 33.7 Å². The summed E-state index contributed by atoms with van der Waals surface area (Å²) in [5.41, 5.74) is 8.79. The predicted octanol–water partition coefficient (Wildman–Crippen LogP) is 12.9. The Kier molecular flexibility index (Phi) is 16.9. The first kappa shape index (κ1) is 56.8. The van der Waals surface area contributed by atoms with Crippen LogP contribution in [0.5, 0.6) is 11.5 Å². The summed E-state index contributed by atoms with van der Waals surface area (Å²) < 4.78 is 160. The van der Waals surface area contributed by atoms with E-state index in [2.05, 4.69) is 24.5 Å². The first-order valence-corrected chi connectivity index (χ1v) is 30.2. The second-order valence-corrected chi connectivity index (χ2v) is 25.5. The highest BCUT2D eigenvalue weighted by Crippen LogP contribution is 2.49. The Bertz CT molecular complexity index is 3240. The van der Waals surface area contributed by atoms with Crippen LogP contribution in [0.25, 0.3) is 22.5 Å². The van der Waals surface area contributed by atoms with E-state index in [9.17, 15) is 43.2 Å². The van der Waals surface area contributed by atoms with Crippen LogP contribution in [0.1, 0.15) is 112 Å². The molecule has 14 nitrogen and oxygen atoms in total. The molecular formula is C56H59ClF6N4O10S2. The Morgan fingerprint density at radius 1 is 0.544 bits per heavy atom. The topological polar surface area (TPSA) is 195 Å². The van der Waals surface area contributed by atoms with E-state index in [-0.39, 0.29) is 93.6 Å². The lowest BCUT2D eigenvalue weighted by Gasteiger charge is -2.35. The molecule has 4 atom stereocenters. The van der Waals surface area contributed by atoms with Crippen molar-refractivity contribution in [2.45, 2.75) is 149 Å². The van der Waals surface area contributed by atoms with Gasteiger partial charge in [-0.05, 0) is 149 Å². The fourth-order valence-electron chi connectivity index (χ4n) is 11.7. The molecule has 4 bridgehead atoms. The standard InChI is InChI=1S/C28H29F3N2O5S.C22H25F3N2O3.C6H5ClO2S/c29-28(30,31)37-24-9-5-4-8-22(24)26-23(27(38-32-26)17-10-11-17)16-36-20-14-18-12-13-19(15-20)25(18)33-39(34,35)21-6-2-1-3-7-21;23-22(24,25)29-18-4-2-1-3-16(18)20-17(21(30-27-20)12-5-6-12)11-28-15-9-13-7-8-14(10-15)19(13)26;7-10(8,9)6-4-2-1-3-5-6/h1-9,17-20,25,33H,10-16H2;1-4,12-15,19H,5-11,26H2;1-5H. The Morgan fingerprint density at radius 2 is 0.924 bits per heavy atom. The van der Waals surface area contributed by atoms with E-state index in [1.54, 1.807) is 66.7 Å². The monoisotopic (exact) mass is 1160 g/mol. The molecule has 6 saturated carbocycles. The van der Waals surface area contributed by atoms with Crippen molar-refractivity contribution in [1.82, 2.24) is 15.0 Å². The molecule has 12 rings (SSSR count). The highest BCUT2D eigenvalue weighted by atomic mass is 35.7. The number of benzene rings is 4. The molecule has 6 aromatic rings. The fraction of sp³-hybridized carbons (Fsp3) is 0.464. The first-order valence-electron chi connectivity index (χ1n) is 26.4. The van der Waals surface area contributed by atoms with Crippen molar-refractivity contribution in [2.24, 2.45) is 29.4 Å². The van der Waals surface area contributed by atoms with Crippen LogP contribution >= 0.6 is 10.7 Å². The molecule has 6 fully saturated rings. The Labute approximate surface area is 458 Å². The second kappa shape index (κ2) is 23.5. The molecule has 2 aromatic heterocycles. The summed E-state index contributed by atoms with van der Waals surface area (Å²) in [5, 5.41) is 8.28. The normalized spacial score (nSPS) is 24.7. The van der Waals surface area contributed by atoms with Crippen molar-refractivity contribution in [1.29, 1.82) is 0 Å². The molecule has 79 heavy (non-hydrogen) atoms.